The highest BCUT2D eigenvalue weighted by atomic mass is 35.5. The van der Waals surface area contributed by atoms with Crippen LogP contribution in [-0.2, 0) is 13.1 Å². The van der Waals surface area contributed by atoms with E-state index in [1.54, 1.807) is 6.07 Å². The zero-order valence-corrected chi connectivity index (χ0v) is 14.2. The highest BCUT2D eigenvalue weighted by Crippen LogP contribution is 2.39. The molecule has 4 rings (SSSR count). The van der Waals surface area contributed by atoms with Gasteiger partial charge in [-0.1, -0.05) is 35.3 Å². The molecule has 2 heterocycles. The van der Waals surface area contributed by atoms with Gasteiger partial charge in [-0.15, -0.1) is 0 Å². The van der Waals surface area contributed by atoms with E-state index in [1.807, 2.05) is 18.2 Å². The first-order chi connectivity index (χ1) is 11.0. The lowest BCUT2D eigenvalue weighted by Crippen LogP contribution is -2.31. The number of nitrogens with zero attached hydrogens (tertiary/aromatic N) is 1. The number of hydrogen-bond donors (Lipinski definition) is 1. The maximum absolute atomic E-state index is 12.0. The number of nitrogens with one attached hydrogen (secondary N) is 1. The van der Waals surface area contributed by atoms with Gasteiger partial charge in [0.15, 0.2) is 0 Å². The van der Waals surface area contributed by atoms with Gasteiger partial charge >= 0.3 is 0 Å². The molecule has 2 aliphatic heterocycles. The lowest BCUT2D eigenvalue weighted by Gasteiger charge is -2.33. The number of carbonyl (C=O) groups excluding carboxylic acids is 1. The first-order valence-corrected chi connectivity index (χ1v) is 8.36. The summed E-state index contributed by atoms with van der Waals surface area (Å²) in [5.74, 6) is 0.175. The van der Waals surface area contributed by atoms with Gasteiger partial charge in [-0.2, -0.15) is 0 Å². The summed E-state index contributed by atoms with van der Waals surface area (Å²) < 4.78 is 0. The Labute approximate surface area is 145 Å². The second-order valence-electron chi connectivity index (χ2n) is 6.30. The summed E-state index contributed by atoms with van der Waals surface area (Å²) >= 11 is 12.6. The largest absolute Gasteiger partial charge is 0.348 e. The molecule has 1 atom stereocenters. The molecule has 0 aliphatic carbocycles. The number of halogens is 2. The fourth-order valence-corrected chi connectivity index (χ4v) is 4.15. The molecule has 1 amide bonds. The number of carbonyl (C=O) groups is 1. The van der Waals surface area contributed by atoms with Gasteiger partial charge in [0, 0.05) is 41.2 Å². The molecular formula is C18H16Cl2N2O. The van der Waals surface area contributed by atoms with Crippen LogP contribution in [0.5, 0.6) is 0 Å². The van der Waals surface area contributed by atoms with Gasteiger partial charge in [-0.25, -0.2) is 0 Å². The van der Waals surface area contributed by atoms with E-state index < -0.39 is 0 Å². The minimum Gasteiger partial charge on any atom is -0.348 e. The average Bonchev–Trinajstić information content (AvgIpc) is 2.88. The normalized spacial score (nSPS) is 20.1. The number of rotatable bonds is 1. The minimum atomic E-state index is 0.00960. The first kappa shape index (κ1) is 15.0. The van der Waals surface area contributed by atoms with Crippen molar-refractivity contribution in [3.63, 3.8) is 0 Å². The highest BCUT2D eigenvalue weighted by molar-refractivity contribution is 6.35. The summed E-state index contributed by atoms with van der Waals surface area (Å²) in [6, 6.07) is 9.98. The van der Waals surface area contributed by atoms with E-state index >= 15 is 0 Å². The van der Waals surface area contributed by atoms with Crippen LogP contribution in [0.25, 0.3) is 0 Å². The molecule has 0 saturated carbocycles. The van der Waals surface area contributed by atoms with Crippen molar-refractivity contribution in [1.29, 1.82) is 0 Å². The molecule has 0 bridgehead atoms. The Morgan fingerprint density at radius 3 is 2.87 bits per heavy atom. The Bertz CT molecular complexity index is 819. The van der Waals surface area contributed by atoms with Crippen LogP contribution in [-0.4, -0.2) is 24.4 Å². The fourth-order valence-electron chi connectivity index (χ4n) is 3.58. The molecule has 1 unspecified atom stereocenters. The predicted octanol–water partition coefficient (Wildman–Crippen LogP) is 3.81. The van der Waals surface area contributed by atoms with Crippen molar-refractivity contribution in [1.82, 2.24) is 10.2 Å². The Morgan fingerprint density at radius 2 is 2.04 bits per heavy atom. The molecular weight excluding hydrogens is 331 g/mol. The topological polar surface area (TPSA) is 32.3 Å². The van der Waals surface area contributed by atoms with E-state index in [0.717, 1.165) is 35.3 Å². The van der Waals surface area contributed by atoms with Crippen molar-refractivity contribution in [2.24, 2.45) is 0 Å². The van der Waals surface area contributed by atoms with Gasteiger partial charge in [-0.3, -0.25) is 4.79 Å². The molecule has 2 aromatic rings. The maximum Gasteiger partial charge on any atom is 0.251 e. The van der Waals surface area contributed by atoms with Gasteiger partial charge in [0.25, 0.3) is 5.91 Å². The van der Waals surface area contributed by atoms with Crippen molar-refractivity contribution in [2.75, 3.05) is 13.6 Å². The van der Waals surface area contributed by atoms with Crippen molar-refractivity contribution in [2.45, 2.75) is 19.0 Å². The smallest absolute Gasteiger partial charge is 0.251 e. The van der Waals surface area contributed by atoms with E-state index in [-0.39, 0.29) is 11.8 Å². The third-order valence-corrected chi connectivity index (χ3v) is 5.27. The van der Waals surface area contributed by atoms with Crippen molar-refractivity contribution < 1.29 is 4.79 Å². The third kappa shape index (κ3) is 2.53. The molecule has 3 nitrogen and oxygen atoms in total. The van der Waals surface area contributed by atoms with Crippen LogP contribution in [0.15, 0.2) is 30.3 Å². The lowest BCUT2D eigenvalue weighted by atomic mass is 9.84. The molecule has 0 spiro atoms. The summed E-state index contributed by atoms with van der Waals surface area (Å²) in [4.78, 5) is 14.2. The molecule has 118 valence electrons. The van der Waals surface area contributed by atoms with Crippen molar-refractivity contribution in [3.8, 4) is 0 Å². The number of hydrogen-bond acceptors (Lipinski definition) is 2. The monoisotopic (exact) mass is 346 g/mol. The summed E-state index contributed by atoms with van der Waals surface area (Å²) in [6.45, 7) is 2.31. The van der Waals surface area contributed by atoms with Crippen LogP contribution in [0.1, 0.15) is 38.5 Å². The van der Waals surface area contributed by atoms with Gasteiger partial charge in [0.05, 0.1) is 0 Å². The molecule has 1 N–H and O–H groups in total. The molecule has 0 saturated heterocycles. The summed E-state index contributed by atoms with van der Waals surface area (Å²) in [5.41, 5.74) is 5.27. The standard InChI is InChI=1S/C18H16Cl2N2O/c1-22-8-15(14-5-12(19)6-17(20)16(14)9-22)10-2-3-11-7-21-18(23)13(11)4-10/h2-6,15H,7-9H2,1H3,(H,21,23). The molecule has 0 aromatic heterocycles. The minimum absolute atomic E-state index is 0.00960. The lowest BCUT2D eigenvalue weighted by molar-refractivity contribution is 0.0965. The molecule has 5 heteroatoms. The molecule has 2 aliphatic rings. The van der Waals surface area contributed by atoms with E-state index in [2.05, 4.69) is 23.3 Å². The Balaban J connectivity index is 1.85. The Kier molecular flexibility index (Phi) is 3.60. The van der Waals surface area contributed by atoms with Crippen LogP contribution in [0.3, 0.4) is 0 Å². The van der Waals surface area contributed by atoms with E-state index in [1.165, 1.54) is 5.56 Å². The summed E-state index contributed by atoms with van der Waals surface area (Å²) in [6.07, 6.45) is 0. The van der Waals surface area contributed by atoms with Crippen LogP contribution < -0.4 is 5.32 Å². The zero-order chi connectivity index (χ0) is 16.1. The Morgan fingerprint density at radius 1 is 1.22 bits per heavy atom. The molecule has 2 aromatic carbocycles. The van der Waals surface area contributed by atoms with Crippen molar-refractivity contribution in [3.05, 3.63) is 68.2 Å². The number of benzene rings is 2. The second kappa shape index (κ2) is 5.52. The second-order valence-corrected chi connectivity index (χ2v) is 7.15. The third-order valence-electron chi connectivity index (χ3n) is 4.71. The van der Waals surface area contributed by atoms with Crippen LogP contribution in [0, 0.1) is 0 Å². The molecule has 0 fully saturated rings. The van der Waals surface area contributed by atoms with E-state index in [9.17, 15) is 4.79 Å². The van der Waals surface area contributed by atoms with Gasteiger partial charge in [0.1, 0.15) is 0 Å². The van der Waals surface area contributed by atoms with Gasteiger partial charge < -0.3 is 10.2 Å². The number of likely N-dealkylation sites (N-methyl/N-ethyl adjacent to an activating group) is 1. The van der Waals surface area contributed by atoms with E-state index in [0.29, 0.717) is 16.6 Å². The predicted molar refractivity (Wildman–Crippen MR) is 92.3 cm³/mol. The summed E-state index contributed by atoms with van der Waals surface area (Å²) in [7, 11) is 2.08. The van der Waals surface area contributed by atoms with Crippen LogP contribution >= 0.6 is 23.2 Å². The van der Waals surface area contributed by atoms with Crippen molar-refractivity contribution >= 4 is 29.1 Å². The number of fused-ring (bicyclic) bond motifs is 2. The fraction of sp³-hybridized carbons (Fsp3) is 0.278. The van der Waals surface area contributed by atoms with Crippen LogP contribution in [0.4, 0.5) is 0 Å². The quantitative estimate of drug-likeness (QED) is 0.851. The Hall–Kier alpha value is -1.55. The SMILES string of the molecule is CN1Cc2c(Cl)cc(Cl)cc2C(c2ccc3c(c2)C(=O)NC3)C1. The molecule has 23 heavy (non-hydrogen) atoms. The highest BCUT2D eigenvalue weighted by Gasteiger charge is 2.28. The van der Waals surface area contributed by atoms with Crippen LogP contribution in [0.2, 0.25) is 10.0 Å². The maximum atomic E-state index is 12.0. The first-order valence-electron chi connectivity index (χ1n) is 7.60. The average molecular weight is 347 g/mol. The van der Waals surface area contributed by atoms with Gasteiger partial charge in [-0.05, 0) is 47.5 Å². The number of amides is 1. The summed E-state index contributed by atoms with van der Waals surface area (Å²) in [5, 5.41) is 4.24. The molecule has 0 radical (unpaired) electrons. The van der Waals surface area contributed by atoms with E-state index in [4.69, 9.17) is 23.2 Å². The van der Waals surface area contributed by atoms with Gasteiger partial charge in [0.2, 0.25) is 0 Å². The zero-order valence-electron chi connectivity index (χ0n) is 12.7.